The van der Waals surface area contributed by atoms with Gasteiger partial charge in [-0.05, 0) is 24.6 Å². The maximum Gasteiger partial charge on any atom is 0.224 e. The average Bonchev–Trinajstić information content (AvgIpc) is 2.95. The van der Waals surface area contributed by atoms with E-state index in [0.717, 1.165) is 44.0 Å². The molecule has 0 unspecified atom stereocenters. The topological polar surface area (TPSA) is 41.4 Å². The van der Waals surface area contributed by atoms with Crippen LogP contribution in [0.5, 0.6) is 0 Å². The van der Waals surface area contributed by atoms with Crippen molar-refractivity contribution in [1.82, 2.24) is 19.6 Å². The first-order valence-corrected chi connectivity index (χ1v) is 9.69. The number of carbonyl (C=O) groups is 1. The van der Waals surface area contributed by atoms with Crippen LogP contribution in [0.25, 0.3) is 0 Å². The zero-order valence-corrected chi connectivity index (χ0v) is 16.9. The van der Waals surface area contributed by atoms with Crippen LogP contribution in [0.1, 0.15) is 17.7 Å². The first-order chi connectivity index (χ1) is 12.4. The van der Waals surface area contributed by atoms with Crippen molar-refractivity contribution in [3.63, 3.8) is 0 Å². The number of carbonyl (C=O) groups excluding carboxylic acids is 1. The first kappa shape index (κ1) is 19.5. The van der Waals surface area contributed by atoms with Gasteiger partial charge < -0.3 is 4.90 Å². The Morgan fingerprint density at radius 2 is 1.81 bits per heavy atom. The molecule has 0 aliphatic carbocycles. The Balaban J connectivity index is 1.45. The van der Waals surface area contributed by atoms with E-state index in [2.05, 4.69) is 10.00 Å². The molecule has 0 bridgehead atoms. The maximum absolute atomic E-state index is 12.4. The molecular formula is C18H21Cl3N4O. The number of benzene rings is 1. The Kier molecular flexibility index (Phi) is 6.46. The van der Waals surface area contributed by atoms with E-state index in [1.807, 2.05) is 30.0 Å². The number of hydrogen-bond donors (Lipinski definition) is 0. The lowest BCUT2D eigenvalue weighted by molar-refractivity contribution is -0.133. The third-order valence-corrected chi connectivity index (χ3v) is 5.67. The van der Waals surface area contributed by atoms with E-state index in [0.29, 0.717) is 28.0 Å². The fourth-order valence-electron chi connectivity index (χ4n) is 3.03. The van der Waals surface area contributed by atoms with Crippen LogP contribution in [0.3, 0.4) is 0 Å². The van der Waals surface area contributed by atoms with Gasteiger partial charge in [0.25, 0.3) is 0 Å². The van der Waals surface area contributed by atoms with E-state index in [9.17, 15) is 4.79 Å². The quantitative estimate of drug-likeness (QED) is 0.744. The van der Waals surface area contributed by atoms with Gasteiger partial charge in [-0.15, -0.1) is 0 Å². The molecular weight excluding hydrogens is 395 g/mol. The molecule has 1 aromatic carbocycles. The van der Waals surface area contributed by atoms with Crippen LogP contribution in [0, 0.1) is 6.92 Å². The van der Waals surface area contributed by atoms with Crippen molar-refractivity contribution in [2.24, 2.45) is 0 Å². The predicted molar refractivity (Wildman–Crippen MR) is 105 cm³/mol. The van der Waals surface area contributed by atoms with E-state index in [-0.39, 0.29) is 5.91 Å². The number of rotatable bonds is 5. The zero-order chi connectivity index (χ0) is 18.7. The van der Waals surface area contributed by atoms with E-state index in [1.165, 1.54) is 0 Å². The Bertz CT molecular complexity index is 765. The highest BCUT2D eigenvalue weighted by molar-refractivity contribution is 6.42. The molecule has 0 spiro atoms. The summed E-state index contributed by atoms with van der Waals surface area (Å²) in [6.45, 7) is 6.38. The van der Waals surface area contributed by atoms with E-state index >= 15 is 0 Å². The van der Waals surface area contributed by atoms with Crippen LogP contribution in [-0.4, -0.2) is 51.7 Å². The molecule has 26 heavy (non-hydrogen) atoms. The summed E-state index contributed by atoms with van der Waals surface area (Å²) in [5, 5.41) is 6.06. The minimum Gasteiger partial charge on any atom is -0.340 e. The number of piperazine rings is 1. The molecule has 1 amide bonds. The highest BCUT2D eigenvalue weighted by Gasteiger charge is 2.21. The highest BCUT2D eigenvalue weighted by atomic mass is 35.5. The summed E-state index contributed by atoms with van der Waals surface area (Å²) in [4.78, 5) is 16.7. The molecule has 1 aliphatic rings. The summed E-state index contributed by atoms with van der Waals surface area (Å²) in [5.41, 5.74) is 1.92. The zero-order valence-electron chi connectivity index (χ0n) is 14.6. The number of aryl methyl sites for hydroxylation is 2. The molecule has 140 valence electrons. The normalized spacial score (nSPS) is 15.5. The van der Waals surface area contributed by atoms with Gasteiger partial charge in [-0.1, -0.05) is 40.9 Å². The van der Waals surface area contributed by atoms with E-state index in [1.54, 1.807) is 10.9 Å². The Morgan fingerprint density at radius 1 is 1.08 bits per heavy atom. The highest BCUT2D eigenvalue weighted by Crippen LogP contribution is 2.23. The molecule has 1 fully saturated rings. The van der Waals surface area contributed by atoms with Gasteiger partial charge in [0.05, 0.1) is 20.8 Å². The van der Waals surface area contributed by atoms with Crippen LogP contribution in [0.2, 0.25) is 15.1 Å². The summed E-state index contributed by atoms with van der Waals surface area (Å²) in [7, 11) is 0. The smallest absolute Gasteiger partial charge is 0.224 e. The minimum atomic E-state index is 0.156. The van der Waals surface area contributed by atoms with Gasteiger partial charge in [0.2, 0.25) is 5.91 Å². The van der Waals surface area contributed by atoms with Crippen molar-refractivity contribution in [2.75, 3.05) is 26.2 Å². The SMILES string of the molecule is Cc1nn(CCC(=O)N2CCN(Cc3ccc(Cl)c(Cl)c3)CC2)cc1Cl. The van der Waals surface area contributed by atoms with Crippen molar-refractivity contribution in [3.05, 3.63) is 50.7 Å². The number of aromatic nitrogens is 2. The molecule has 8 heteroatoms. The van der Waals surface area contributed by atoms with Crippen molar-refractivity contribution in [1.29, 1.82) is 0 Å². The third kappa shape index (κ3) is 4.92. The van der Waals surface area contributed by atoms with Gasteiger partial charge in [-0.25, -0.2) is 0 Å². The largest absolute Gasteiger partial charge is 0.340 e. The van der Waals surface area contributed by atoms with Gasteiger partial charge in [0.1, 0.15) is 0 Å². The van der Waals surface area contributed by atoms with Crippen LogP contribution in [0.15, 0.2) is 24.4 Å². The van der Waals surface area contributed by atoms with Gasteiger partial charge in [0.15, 0.2) is 0 Å². The lowest BCUT2D eigenvalue weighted by atomic mass is 10.2. The monoisotopic (exact) mass is 414 g/mol. The van der Waals surface area contributed by atoms with Gasteiger partial charge in [-0.3, -0.25) is 14.4 Å². The summed E-state index contributed by atoms with van der Waals surface area (Å²) in [6, 6.07) is 5.71. The van der Waals surface area contributed by atoms with Crippen molar-refractivity contribution in [3.8, 4) is 0 Å². The maximum atomic E-state index is 12.4. The lowest BCUT2D eigenvalue weighted by Gasteiger charge is -2.34. The summed E-state index contributed by atoms with van der Waals surface area (Å²) < 4.78 is 1.73. The van der Waals surface area contributed by atoms with Crippen LogP contribution in [-0.2, 0) is 17.9 Å². The predicted octanol–water partition coefficient (Wildman–Crippen LogP) is 3.89. The number of nitrogens with zero attached hydrogens (tertiary/aromatic N) is 4. The molecule has 1 aromatic heterocycles. The summed E-state index contributed by atoms with van der Waals surface area (Å²) in [6.07, 6.45) is 2.20. The number of amides is 1. The second-order valence-corrected chi connectivity index (χ2v) is 7.70. The van der Waals surface area contributed by atoms with Gasteiger partial charge in [-0.2, -0.15) is 5.10 Å². The molecule has 0 saturated carbocycles. The Labute approximate surface area is 168 Å². The number of halogens is 3. The molecule has 0 atom stereocenters. The van der Waals surface area contributed by atoms with Crippen molar-refractivity contribution < 1.29 is 4.79 Å². The second-order valence-electron chi connectivity index (χ2n) is 6.48. The standard InChI is InChI=1S/C18H21Cl3N4O/c1-13-17(21)12-25(22-13)5-4-18(26)24-8-6-23(7-9-24)11-14-2-3-15(19)16(20)10-14/h2-3,10,12H,4-9,11H2,1H3. The minimum absolute atomic E-state index is 0.156. The Hall–Kier alpha value is -1.27. The fourth-order valence-corrected chi connectivity index (χ4v) is 3.50. The second kappa shape index (κ2) is 8.61. The third-order valence-electron chi connectivity index (χ3n) is 4.56. The summed E-state index contributed by atoms with van der Waals surface area (Å²) in [5.74, 6) is 0.156. The average molecular weight is 416 g/mol. The lowest BCUT2D eigenvalue weighted by Crippen LogP contribution is -2.48. The van der Waals surface area contributed by atoms with Gasteiger partial charge >= 0.3 is 0 Å². The van der Waals surface area contributed by atoms with Crippen molar-refractivity contribution >= 4 is 40.7 Å². The fraction of sp³-hybridized carbons (Fsp3) is 0.444. The van der Waals surface area contributed by atoms with Crippen LogP contribution >= 0.6 is 34.8 Å². The van der Waals surface area contributed by atoms with Crippen LogP contribution in [0.4, 0.5) is 0 Å². The molecule has 2 aromatic rings. The Morgan fingerprint density at radius 3 is 2.42 bits per heavy atom. The first-order valence-electron chi connectivity index (χ1n) is 8.56. The van der Waals surface area contributed by atoms with Gasteiger partial charge in [0, 0.05) is 51.9 Å². The molecule has 0 radical (unpaired) electrons. The van der Waals surface area contributed by atoms with Crippen molar-refractivity contribution in [2.45, 2.75) is 26.4 Å². The van der Waals surface area contributed by atoms with Crippen LogP contribution < -0.4 is 0 Å². The summed E-state index contributed by atoms with van der Waals surface area (Å²) >= 11 is 18.0. The molecule has 1 aliphatic heterocycles. The van der Waals surface area contributed by atoms with E-state index < -0.39 is 0 Å². The molecule has 0 N–H and O–H groups in total. The molecule has 2 heterocycles. The van der Waals surface area contributed by atoms with E-state index in [4.69, 9.17) is 34.8 Å². The molecule has 5 nitrogen and oxygen atoms in total. The number of hydrogen-bond acceptors (Lipinski definition) is 3. The molecule has 3 rings (SSSR count). The molecule has 1 saturated heterocycles.